The molecule has 0 heterocycles. The second-order valence-electron chi connectivity index (χ2n) is 10.7. The van der Waals surface area contributed by atoms with E-state index >= 15 is 0 Å². The van der Waals surface area contributed by atoms with Crippen LogP contribution in [0.4, 0.5) is 0 Å². The van der Waals surface area contributed by atoms with Gasteiger partial charge in [-0.1, -0.05) is 43.5 Å². The molecule has 8 nitrogen and oxygen atoms in total. The first kappa shape index (κ1) is 30.2. The van der Waals surface area contributed by atoms with E-state index in [0.717, 1.165) is 36.8 Å². The third-order valence-corrected chi connectivity index (χ3v) is 7.65. The van der Waals surface area contributed by atoms with E-state index in [1.165, 1.54) is 20.3 Å². The van der Waals surface area contributed by atoms with Crippen molar-refractivity contribution in [3.63, 3.8) is 0 Å². The van der Waals surface area contributed by atoms with E-state index < -0.39 is 23.9 Å². The molecule has 0 bridgehead atoms. The van der Waals surface area contributed by atoms with Gasteiger partial charge < -0.3 is 18.9 Å². The fourth-order valence-corrected chi connectivity index (χ4v) is 5.57. The van der Waals surface area contributed by atoms with Crippen molar-refractivity contribution < 1.29 is 38.1 Å². The zero-order valence-electron chi connectivity index (χ0n) is 24.5. The zero-order chi connectivity index (χ0) is 31.1. The lowest BCUT2D eigenvalue weighted by Crippen LogP contribution is -2.30. The zero-order valence-corrected chi connectivity index (χ0v) is 24.5. The Morgan fingerprint density at radius 1 is 0.455 bits per heavy atom. The lowest BCUT2D eigenvalue weighted by atomic mass is 9.65. The molecule has 5 rings (SSSR count). The highest BCUT2D eigenvalue weighted by Gasteiger charge is 2.35. The average Bonchev–Trinajstić information content (AvgIpc) is 3.02. The molecule has 0 N–H and O–H groups in total. The smallest absolute Gasteiger partial charge is 0.343 e. The van der Waals surface area contributed by atoms with Crippen LogP contribution >= 0.6 is 0 Å². The Bertz CT molecular complexity index is 1510. The van der Waals surface area contributed by atoms with Crippen LogP contribution in [-0.2, 0) is 15.0 Å². The second-order valence-corrected chi connectivity index (χ2v) is 10.7. The minimum absolute atomic E-state index is 0.220. The molecule has 0 atom stereocenters. The molecule has 224 valence electrons. The minimum atomic E-state index is -0.509. The molecule has 1 saturated carbocycles. The summed E-state index contributed by atoms with van der Waals surface area (Å²) in [5, 5.41) is 0. The molecule has 0 saturated heterocycles. The van der Waals surface area contributed by atoms with Crippen LogP contribution in [0.1, 0.15) is 77.8 Å². The highest BCUT2D eigenvalue weighted by Crippen LogP contribution is 2.45. The van der Waals surface area contributed by atoms with Crippen LogP contribution in [0.3, 0.4) is 0 Å². The number of carbonyl (C=O) groups excluding carboxylic acids is 4. The van der Waals surface area contributed by atoms with Gasteiger partial charge in [0.25, 0.3) is 0 Å². The quantitative estimate of drug-likeness (QED) is 0.156. The number of benzene rings is 4. The van der Waals surface area contributed by atoms with Crippen LogP contribution in [0.25, 0.3) is 0 Å². The molecule has 0 aliphatic heterocycles. The van der Waals surface area contributed by atoms with Gasteiger partial charge in [0.05, 0.1) is 11.1 Å². The third-order valence-electron chi connectivity index (χ3n) is 7.65. The third kappa shape index (κ3) is 7.21. The average molecular weight is 593 g/mol. The van der Waals surface area contributed by atoms with E-state index in [1.807, 2.05) is 24.3 Å². The summed E-state index contributed by atoms with van der Waals surface area (Å²) in [5.41, 5.74) is 2.71. The Labute approximate surface area is 255 Å². The first-order chi connectivity index (χ1) is 21.2. The van der Waals surface area contributed by atoms with E-state index in [0.29, 0.717) is 34.1 Å². The summed E-state index contributed by atoms with van der Waals surface area (Å²) in [7, 11) is 0. The fourth-order valence-electron chi connectivity index (χ4n) is 5.57. The van der Waals surface area contributed by atoms with Crippen LogP contribution in [-0.4, -0.2) is 23.9 Å². The number of rotatable bonds is 8. The van der Waals surface area contributed by atoms with E-state index in [1.54, 1.807) is 72.8 Å². The van der Waals surface area contributed by atoms with E-state index in [4.69, 9.17) is 18.9 Å². The Hall–Kier alpha value is -5.24. The first-order valence-corrected chi connectivity index (χ1v) is 14.4. The molecule has 1 aliphatic carbocycles. The molecule has 44 heavy (non-hydrogen) atoms. The van der Waals surface area contributed by atoms with E-state index in [2.05, 4.69) is 0 Å². The van der Waals surface area contributed by atoms with Gasteiger partial charge in [-0.2, -0.15) is 0 Å². The summed E-state index contributed by atoms with van der Waals surface area (Å²) in [6.45, 7) is 2.63. The normalized spacial score (nSPS) is 13.8. The molecule has 0 amide bonds. The van der Waals surface area contributed by atoms with Crippen molar-refractivity contribution >= 4 is 23.9 Å². The molecule has 8 heteroatoms. The van der Waals surface area contributed by atoms with E-state index in [9.17, 15) is 19.2 Å². The van der Waals surface area contributed by atoms with Crippen molar-refractivity contribution in [3.05, 3.63) is 119 Å². The Kier molecular flexibility index (Phi) is 9.19. The second kappa shape index (κ2) is 13.4. The van der Waals surface area contributed by atoms with Gasteiger partial charge >= 0.3 is 23.9 Å². The van der Waals surface area contributed by atoms with Crippen LogP contribution < -0.4 is 18.9 Å². The maximum atomic E-state index is 12.7. The van der Waals surface area contributed by atoms with Gasteiger partial charge in [-0.25, -0.2) is 9.59 Å². The molecule has 0 aromatic heterocycles. The topological polar surface area (TPSA) is 105 Å². The van der Waals surface area contributed by atoms with Crippen LogP contribution in [0.2, 0.25) is 0 Å². The predicted octanol–water partition coefficient (Wildman–Crippen LogP) is 7.23. The Morgan fingerprint density at radius 2 is 0.773 bits per heavy atom. The molecule has 4 aromatic rings. The number of hydrogen-bond donors (Lipinski definition) is 0. The Morgan fingerprint density at radius 3 is 1.11 bits per heavy atom. The highest BCUT2D eigenvalue weighted by molar-refractivity contribution is 5.92. The van der Waals surface area contributed by atoms with Crippen LogP contribution in [0.15, 0.2) is 97.1 Å². The van der Waals surface area contributed by atoms with Gasteiger partial charge in [0.2, 0.25) is 0 Å². The van der Waals surface area contributed by atoms with E-state index in [-0.39, 0.29) is 5.41 Å². The maximum absolute atomic E-state index is 12.7. The monoisotopic (exact) mass is 592 g/mol. The van der Waals surface area contributed by atoms with Crippen molar-refractivity contribution in [2.24, 2.45) is 0 Å². The van der Waals surface area contributed by atoms with Gasteiger partial charge in [0.1, 0.15) is 23.0 Å². The van der Waals surface area contributed by atoms with Crippen LogP contribution in [0, 0.1) is 0 Å². The van der Waals surface area contributed by atoms with Crippen molar-refractivity contribution in [1.29, 1.82) is 0 Å². The van der Waals surface area contributed by atoms with Crippen molar-refractivity contribution in [3.8, 4) is 23.0 Å². The van der Waals surface area contributed by atoms with Gasteiger partial charge in [0.15, 0.2) is 0 Å². The summed E-state index contributed by atoms with van der Waals surface area (Å²) in [6.07, 6.45) is 5.27. The molecule has 0 spiro atoms. The number of ether oxygens (including phenoxy) is 4. The lowest BCUT2D eigenvalue weighted by molar-refractivity contribution is -0.132. The fraction of sp³-hybridized carbons (Fsp3) is 0.222. The molecular weight excluding hydrogens is 560 g/mol. The highest BCUT2D eigenvalue weighted by atomic mass is 16.5. The molecule has 0 unspecified atom stereocenters. The molecule has 0 radical (unpaired) electrons. The summed E-state index contributed by atoms with van der Waals surface area (Å²) < 4.78 is 21.2. The van der Waals surface area contributed by atoms with Crippen molar-refractivity contribution in [2.45, 2.75) is 51.4 Å². The van der Waals surface area contributed by atoms with Crippen LogP contribution in [0.5, 0.6) is 23.0 Å². The van der Waals surface area contributed by atoms with Gasteiger partial charge in [0, 0.05) is 19.3 Å². The summed E-state index contributed by atoms with van der Waals surface area (Å²) in [4.78, 5) is 47.6. The summed E-state index contributed by atoms with van der Waals surface area (Å²) in [5.74, 6) is -0.318. The number of esters is 4. The largest absolute Gasteiger partial charge is 0.427 e. The standard InChI is InChI=1S/C36H32O8/c1-24(37)41-30-14-6-26(7-15-30)34(39)43-32-18-10-28(11-19-32)36(22-4-3-5-23-36)29-12-20-33(21-13-29)44-35(40)27-8-16-31(17-9-27)42-25(2)38/h6-21H,3-5,22-23H2,1-2H3. The summed E-state index contributed by atoms with van der Waals surface area (Å²) in [6, 6.07) is 27.6. The maximum Gasteiger partial charge on any atom is 0.343 e. The number of carbonyl (C=O) groups is 4. The first-order valence-electron chi connectivity index (χ1n) is 14.4. The van der Waals surface area contributed by atoms with Crippen molar-refractivity contribution in [1.82, 2.24) is 0 Å². The van der Waals surface area contributed by atoms with Gasteiger partial charge in [-0.05, 0) is 96.8 Å². The lowest BCUT2D eigenvalue weighted by Gasteiger charge is -2.38. The molecule has 1 aliphatic rings. The summed E-state index contributed by atoms with van der Waals surface area (Å²) >= 11 is 0. The minimum Gasteiger partial charge on any atom is -0.427 e. The number of hydrogen-bond acceptors (Lipinski definition) is 8. The van der Waals surface area contributed by atoms with Crippen molar-refractivity contribution in [2.75, 3.05) is 0 Å². The van der Waals surface area contributed by atoms with Gasteiger partial charge in [-0.3, -0.25) is 9.59 Å². The Balaban J connectivity index is 1.28. The predicted molar refractivity (Wildman–Crippen MR) is 162 cm³/mol. The van der Waals surface area contributed by atoms with Gasteiger partial charge in [-0.15, -0.1) is 0 Å². The molecule has 4 aromatic carbocycles. The SMILES string of the molecule is CC(=O)Oc1ccc(C(=O)Oc2ccc(C3(c4ccc(OC(=O)c5ccc(OC(C)=O)cc5)cc4)CCCCC3)cc2)cc1. The molecule has 1 fully saturated rings. The molecular formula is C36H32O8.